The molecule has 3 heteroatoms. The number of furan rings is 2. The van der Waals surface area contributed by atoms with Gasteiger partial charge in [0.25, 0.3) is 0 Å². The van der Waals surface area contributed by atoms with Crippen LogP contribution in [-0.4, -0.2) is 4.98 Å². The Hall–Kier alpha value is -5.28. The van der Waals surface area contributed by atoms with Crippen LogP contribution in [0.3, 0.4) is 0 Å². The Bertz CT molecular complexity index is 2560. The number of hydrogen-bond acceptors (Lipinski definition) is 2. The lowest BCUT2D eigenvalue weighted by molar-refractivity contribution is 0.669. The van der Waals surface area contributed by atoms with Gasteiger partial charge in [0, 0.05) is 54.5 Å². The maximum atomic E-state index is 6.65. The van der Waals surface area contributed by atoms with Gasteiger partial charge in [-0.05, 0) is 145 Å². The van der Waals surface area contributed by atoms with Crippen LogP contribution < -0.4 is 0 Å². The average molecular weight is 668 g/mol. The van der Waals surface area contributed by atoms with Crippen molar-refractivity contribution >= 4 is 65.7 Å². The Balaban J connectivity index is 1.20. The molecule has 1 N–H and O–H groups in total. The Morgan fingerprint density at radius 2 is 0.882 bits per heavy atom. The van der Waals surface area contributed by atoms with Crippen LogP contribution in [0.25, 0.3) is 87.9 Å². The van der Waals surface area contributed by atoms with E-state index in [2.05, 4.69) is 130 Å². The van der Waals surface area contributed by atoms with Gasteiger partial charge in [0.1, 0.15) is 22.3 Å². The number of aromatic amines is 1. The predicted octanol–water partition coefficient (Wildman–Crippen LogP) is 14.3. The molecule has 0 bridgehead atoms. The molecule has 0 spiro atoms. The van der Waals surface area contributed by atoms with Gasteiger partial charge in [-0.1, -0.05) is 64.8 Å². The molecule has 0 amide bonds. The van der Waals surface area contributed by atoms with Gasteiger partial charge < -0.3 is 13.8 Å². The largest absolute Gasteiger partial charge is 0.455 e. The summed E-state index contributed by atoms with van der Waals surface area (Å²) >= 11 is 0. The van der Waals surface area contributed by atoms with E-state index in [4.69, 9.17) is 8.83 Å². The van der Waals surface area contributed by atoms with Crippen LogP contribution in [0.4, 0.5) is 0 Å². The molecule has 3 aromatic heterocycles. The summed E-state index contributed by atoms with van der Waals surface area (Å²) in [6.45, 7) is 8.98. The molecule has 254 valence electrons. The molecule has 0 atom stereocenters. The summed E-state index contributed by atoms with van der Waals surface area (Å²) in [7, 11) is 0. The molecule has 0 aliphatic carbocycles. The highest BCUT2D eigenvalue weighted by Gasteiger charge is 2.18. The van der Waals surface area contributed by atoms with Gasteiger partial charge in [0.05, 0.1) is 0 Å². The SMILES string of the molecule is CCCCc1ccc2oc3c(-c4ccc5[nH]c6ccc(-c7cc(CC)cc8c7oc7ccc(CCCC)cc78)cc6c5c4)cc(CC)cc3c2c1. The van der Waals surface area contributed by atoms with E-state index in [9.17, 15) is 0 Å². The zero-order valence-electron chi connectivity index (χ0n) is 30.2. The standard InChI is InChI=1S/C48H45NO2/c1-5-9-11-31-13-19-45-39(25-31)41-23-29(7-3)21-35(47(41)50-45)33-15-17-43-37(27-33)38-28-34(16-18-44(38)49-43)36-22-30(8-4)24-42-40-26-32(12-10-6-2)14-20-46(40)51-48(36)42/h13-28,49H,5-12H2,1-4H3. The Morgan fingerprint density at radius 1 is 0.431 bits per heavy atom. The van der Waals surface area contributed by atoms with Crippen molar-refractivity contribution < 1.29 is 8.83 Å². The van der Waals surface area contributed by atoms with Crippen LogP contribution >= 0.6 is 0 Å². The second-order valence-electron chi connectivity index (χ2n) is 14.5. The van der Waals surface area contributed by atoms with E-state index in [1.165, 1.54) is 91.4 Å². The van der Waals surface area contributed by atoms with Crippen molar-refractivity contribution in [1.82, 2.24) is 4.98 Å². The van der Waals surface area contributed by atoms with Gasteiger partial charge in [-0.25, -0.2) is 0 Å². The van der Waals surface area contributed by atoms with Gasteiger partial charge in [-0.2, -0.15) is 0 Å². The van der Waals surface area contributed by atoms with E-state index in [0.717, 1.165) is 70.2 Å². The third kappa shape index (κ3) is 5.42. The summed E-state index contributed by atoms with van der Waals surface area (Å²) in [6, 6.07) is 36.4. The monoisotopic (exact) mass is 667 g/mol. The van der Waals surface area contributed by atoms with Gasteiger partial charge in [-0.3, -0.25) is 0 Å². The molecule has 0 aliphatic rings. The molecule has 9 aromatic rings. The van der Waals surface area contributed by atoms with E-state index in [1.54, 1.807) is 0 Å². The Kier molecular flexibility index (Phi) is 7.95. The molecular weight excluding hydrogens is 623 g/mol. The minimum atomic E-state index is 0.959. The van der Waals surface area contributed by atoms with Crippen LogP contribution in [0.5, 0.6) is 0 Å². The molecule has 0 unspecified atom stereocenters. The van der Waals surface area contributed by atoms with Crippen molar-refractivity contribution in [2.24, 2.45) is 0 Å². The smallest absolute Gasteiger partial charge is 0.143 e. The lowest BCUT2D eigenvalue weighted by Gasteiger charge is -2.08. The van der Waals surface area contributed by atoms with E-state index in [-0.39, 0.29) is 0 Å². The highest BCUT2D eigenvalue weighted by atomic mass is 16.3. The number of H-pyrrole nitrogens is 1. The van der Waals surface area contributed by atoms with E-state index < -0.39 is 0 Å². The topological polar surface area (TPSA) is 42.1 Å². The lowest BCUT2D eigenvalue weighted by Crippen LogP contribution is -1.86. The number of nitrogens with one attached hydrogen (secondary N) is 1. The number of hydrogen-bond donors (Lipinski definition) is 1. The molecule has 9 rings (SSSR count). The molecule has 6 aromatic carbocycles. The second-order valence-corrected chi connectivity index (χ2v) is 14.5. The number of benzene rings is 6. The highest BCUT2D eigenvalue weighted by molar-refractivity contribution is 6.15. The number of aryl methyl sites for hydroxylation is 4. The molecule has 0 aliphatic heterocycles. The predicted molar refractivity (Wildman–Crippen MR) is 217 cm³/mol. The number of unbranched alkanes of at least 4 members (excludes halogenated alkanes) is 2. The zero-order chi connectivity index (χ0) is 34.6. The number of aromatic nitrogens is 1. The summed E-state index contributed by atoms with van der Waals surface area (Å²) < 4.78 is 13.3. The van der Waals surface area contributed by atoms with E-state index >= 15 is 0 Å². The van der Waals surface area contributed by atoms with Gasteiger partial charge >= 0.3 is 0 Å². The molecule has 51 heavy (non-hydrogen) atoms. The zero-order valence-corrected chi connectivity index (χ0v) is 30.2. The number of rotatable bonds is 10. The van der Waals surface area contributed by atoms with Crippen molar-refractivity contribution in [3.8, 4) is 22.3 Å². The maximum Gasteiger partial charge on any atom is 0.143 e. The van der Waals surface area contributed by atoms with Crippen LogP contribution in [0.15, 0.2) is 106 Å². The summed E-state index contributed by atoms with van der Waals surface area (Å²) in [5.74, 6) is 0. The van der Waals surface area contributed by atoms with Gasteiger partial charge in [0.2, 0.25) is 0 Å². The van der Waals surface area contributed by atoms with E-state index in [0.29, 0.717) is 0 Å². The Labute approximate surface area is 299 Å². The van der Waals surface area contributed by atoms with Crippen LogP contribution in [0, 0.1) is 0 Å². The highest BCUT2D eigenvalue weighted by Crippen LogP contribution is 2.42. The van der Waals surface area contributed by atoms with Crippen LogP contribution in [-0.2, 0) is 25.7 Å². The molecule has 0 fully saturated rings. The van der Waals surface area contributed by atoms with Crippen molar-refractivity contribution in [3.63, 3.8) is 0 Å². The fourth-order valence-electron chi connectivity index (χ4n) is 8.11. The average Bonchev–Trinajstić information content (AvgIpc) is 3.85. The van der Waals surface area contributed by atoms with Gasteiger partial charge in [0.15, 0.2) is 0 Å². The minimum absolute atomic E-state index is 0.959. The van der Waals surface area contributed by atoms with Gasteiger partial charge in [-0.15, -0.1) is 0 Å². The molecule has 0 radical (unpaired) electrons. The molecule has 3 nitrogen and oxygen atoms in total. The first-order valence-electron chi connectivity index (χ1n) is 19.1. The molecule has 0 saturated carbocycles. The molecule has 3 heterocycles. The van der Waals surface area contributed by atoms with Crippen molar-refractivity contribution in [1.29, 1.82) is 0 Å². The normalized spacial score (nSPS) is 12.2. The van der Waals surface area contributed by atoms with Crippen molar-refractivity contribution in [2.45, 2.75) is 79.1 Å². The summed E-state index contributed by atoms with van der Waals surface area (Å²) in [5.41, 5.74) is 16.2. The second kappa shape index (κ2) is 12.8. The van der Waals surface area contributed by atoms with Crippen LogP contribution in [0.1, 0.15) is 75.6 Å². The lowest BCUT2D eigenvalue weighted by atomic mass is 9.95. The van der Waals surface area contributed by atoms with E-state index in [1.807, 2.05) is 0 Å². The van der Waals surface area contributed by atoms with Crippen molar-refractivity contribution in [2.75, 3.05) is 0 Å². The molecular formula is C48H45NO2. The molecule has 0 saturated heterocycles. The number of fused-ring (bicyclic) bond motifs is 9. The van der Waals surface area contributed by atoms with Crippen molar-refractivity contribution in [3.05, 3.63) is 119 Å². The third-order valence-electron chi connectivity index (χ3n) is 11.1. The maximum absolute atomic E-state index is 6.65. The summed E-state index contributed by atoms with van der Waals surface area (Å²) in [6.07, 6.45) is 8.93. The Morgan fingerprint density at radius 3 is 1.31 bits per heavy atom. The summed E-state index contributed by atoms with van der Waals surface area (Å²) in [5, 5.41) is 7.29. The fraction of sp³-hybridized carbons (Fsp3) is 0.250. The first-order chi connectivity index (χ1) is 25.0. The minimum Gasteiger partial charge on any atom is -0.455 e. The first kappa shape index (κ1) is 31.7. The first-order valence-corrected chi connectivity index (χ1v) is 19.1. The fourth-order valence-corrected chi connectivity index (χ4v) is 8.11. The quantitative estimate of drug-likeness (QED) is 0.158. The van der Waals surface area contributed by atoms with Crippen LogP contribution in [0.2, 0.25) is 0 Å². The third-order valence-corrected chi connectivity index (χ3v) is 11.1. The summed E-state index contributed by atoms with van der Waals surface area (Å²) in [4.78, 5) is 3.70.